The molecule has 0 radical (unpaired) electrons. The van der Waals surface area contributed by atoms with Crippen molar-refractivity contribution >= 4 is 33.0 Å². The molecule has 1 heterocycles. The highest BCUT2D eigenvalue weighted by atomic mass is 32.2. The number of nitrogens with zero attached hydrogens (tertiary/aromatic N) is 1. The molecule has 6 nitrogen and oxygen atoms in total. The van der Waals surface area contributed by atoms with Crippen molar-refractivity contribution in [3.63, 3.8) is 0 Å². The summed E-state index contributed by atoms with van der Waals surface area (Å²) in [7, 11) is -1.92. The molecule has 0 bridgehead atoms. The molecule has 2 aromatic rings. The number of nitrogens with one attached hydrogen (secondary N) is 2. The number of hydrogen-bond donors (Lipinski definition) is 3. The maximum Gasteiger partial charge on any atom is 0.354 e. The van der Waals surface area contributed by atoms with E-state index in [4.69, 9.17) is 5.14 Å². The van der Waals surface area contributed by atoms with E-state index in [0.29, 0.717) is 11.4 Å². The van der Waals surface area contributed by atoms with Crippen LogP contribution < -0.4 is 15.8 Å². The van der Waals surface area contributed by atoms with Gasteiger partial charge in [0.1, 0.15) is 0 Å². The monoisotopic (exact) mass is 408 g/mol. The van der Waals surface area contributed by atoms with Crippen LogP contribution in [0.2, 0.25) is 0 Å². The van der Waals surface area contributed by atoms with Crippen LogP contribution in [-0.2, 0) is 42.1 Å². The summed E-state index contributed by atoms with van der Waals surface area (Å²) in [5, 5.41) is 11.4. The van der Waals surface area contributed by atoms with Gasteiger partial charge in [-0.1, -0.05) is 6.07 Å². The van der Waals surface area contributed by atoms with Crippen LogP contribution >= 0.6 is 11.3 Å². The molecule has 4 N–H and O–H groups in total. The Morgan fingerprint density at radius 3 is 2.70 bits per heavy atom. The average molecular weight is 409 g/mol. The summed E-state index contributed by atoms with van der Waals surface area (Å²) >= 11 is 0.964. The minimum absolute atomic E-state index is 0.200. The van der Waals surface area contributed by atoms with E-state index in [-0.39, 0.29) is 4.21 Å². The maximum absolute atomic E-state index is 14.1. The standard InChI is InChI=1S/C18H21FN4O2S2/c1-21-9-12-8-15(19)17(26-12)27(20,25)23-18(24)22-16-13-4-2-3-10(13)7-11-5-6-14(11)16/h7-8,21H,2-6,9H2,1H3,(H3,20,22,23,24,25). The van der Waals surface area contributed by atoms with Gasteiger partial charge in [-0.2, -0.15) is 0 Å². The molecule has 1 aromatic carbocycles. The topological polar surface area (TPSA) is 96.6 Å². The van der Waals surface area contributed by atoms with Gasteiger partial charge in [-0.15, -0.1) is 15.7 Å². The van der Waals surface area contributed by atoms with Crippen molar-refractivity contribution in [1.29, 1.82) is 0 Å². The van der Waals surface area contributed by atoms with Crippen molar-refractivity contribution in [3.8, 4) is 0 Å². The van der Waals surface area contributed by atoms with Crippen LogP contribution in [0, 0.1) is 5.82 Å². The fourth-order valence-electron chi connectivity index (χ4n) is 3.75. The Morgan fingerprint density at radius 2 is 2.00 bits per heavy atom. The second kappa shape index (κ2) is 6.97. The Labute approximate surface area is 161 Å². The summed E-state index contributed by atoms with van der Waals surface area (Å²) in [5.74, 6) is -0.695. The van der Waals surface area contributed by atoms with Gasteiger partial charge in [0, 0.05) is 17.1 Å². The Hall–Kier alpha value is -1.81. The number of rotatable bonds is 4. The number of anilines is 1. The summed E-state index contributed by atoms with van der Waals surface area (Å²) in [6, 6.07) is 2.70. The average Bonchev–Trinajstić information content (AvgIpc) is 3.17. The molecule has 1 aromatic heterocycles. The van der Waals surface area contributed by atoms with Gasteiger partial charge in [0.05, 0.1) is 0 Å². The summed E-state index contributed by atoms with van der Waals surface area (Å²) in [4.78, 5) is 13.1. The minimum atomic E-state index is -3.65. The van der Waals surface area contributed by atoms with Crippen molar-refractivity contribution < 1.29 is 13.4 Å². The number of aryl methyl sites for hydroxylation is 2. The molecule has 0 saturated heterocycles. The van der Waals surface area contributed by atoms with E-state index in [2.05, 4.69) is 21.1 Å². The van der Waals surface area contributed by atoms with Gasteiger partial charge in [0.2, 0.25) is 0 Å². The number of halogens is 1. The Morgan fingerprint density at radius 1 is 1.26 bits per heavy atom. The smallest absolute Gasteiger partial charge is 0.315 e. The molecule has 0 saturated carbocycles. The van der Waals surface area contributed by atoms with Crippen LogP contribution in [0.4, 0.5) is 14.9 Å². The maximum atomic E-state index is 14.1. The SMILES string of the molecule is CNCc1cc(F)c(S(N)(=O)=NC(=O)Nc2c3c(cc4c2CC4)CCC3)s1. The summed E-state index contributed by atoms with van der Waals surface area (Å²) < 4.78 is 30.3. The zero-order valence-corrected chi connectivity index (χ0v) is 16.6. The second-order valence-electron chi connectivity index (χ2n) is 6.85. The molecule has 0 fully saturated rings. The van der Waals surface area contributed by atoms with Gasteiger partial charge >= 0.3 is 6.03 Å². The summed E-state index contributed by atoms with van der Waals surface area (Å²) in [5.41, 5.74) is 5.57. The van der Waals surface area contributed by atoms with Crippen LogP contribution in [0.25, 0.3) is 0 Å². The molecule has 0 aliphatic heterocycles. The Balaban J connectivity index is 1.64. The van der Waals surface area contributed by atoms with Crippen molar-refractivity contribution in [2.45, 2.75) is 42.9 Å². The lowest BCUT2D eigenvalue weighted by Gasteiger charge is -2.25. The predicted octanol–water partition coefficient (Wildman–Crippen LogP) is 3.13. The summed E-state index contributed by atoms with van der Waals surface area (Å²) in [6.45, 7) is 0.422. The van der Waals surface area contributed by atoms with Gasteiger partial charge in [0.25, 0.3) is 0 Å². The van der Waals surface area contributed by atoms with E-state index in [1.54, 1.807) is 7.05 Å². The number of fused-ring (bicyclic) bond motifs is 2. The van der Waals surface area contributed by atoms with Crippen LogP contribution in [0.1, 0.15) is 33.6 Å². The third-order valence-electron chi connectivity index (χ3n) is 5.02. The first-order valence-corrected chi connectivity index (χ1v) is 11.2. The highest BCUT2D eigenvalue weighted by Gasteiger charge is 2.27. The van der Waals surface area contributed by atoms with Crippen LogP contribution in [0.15, 0.2) is 20.7 Å². The van der Waals surface area contributed by atoms with Gasteiger partial charge in [0.15, 0.2) is 19.9 Å². The summed E-state index contributed by atoms with van der Waals surface area (Å²) in [6.07, 6.45) is 4.88. The highest BCUT2D eigenvalue weighted by Crippen LogP contribution is 2.39. The lowest BCUT2D eigenvalue weighted by molar-refractivity contribution is 0.260. The molecule has 4 rings (SSSR count). The first-order valence-electron chi connectivity index (χ1n) is 8.84. The fraction of sp³-hybridized carbons (Fsp3) is 0.389. The number of carbonyl (C=O) groups is 1. The number of hydrogen-bond acceptors (Lipinski definition) is 4. The van der Waals surface area contributed by atoms with Crippen molar-refractivity contribution in [2.75, 3.05) is 12.4 Å². The van der Waals surface area contributed by atoms with Gasteiger partial charge in [-0.05, 0) is 67.5 Å². The molecule has 2 aliphatic carbocycles. The highest BCUT2D eigenvalue weighted by molar-refractivity contribution is 7.93. The van der Waals surface area contributed by atoms with Crippen molar-refractivity contribution in [3.05, 3.63) is 45.1 Å². The zero-order valence-electron chi connectivity index (χ0n) is 14.9. The molecule has 9 heteroatoms. The van der Waals surface area contributed by atoms with Crippen LogP contribution in [0.3, 0.4) is 0 Å². The van der Waals surface area contributed by atoms with E-state index in [9.17, 15) is 13.4 Å². The Kier molecular flexibility index (Phi) is 4.79. The molecule has 2 aliphatic rings. The third-order valence-corrected chi connectivity index (χ3v) is 8.05. The number of benzene rings is 1. The van der Waals surface area contributed by atoms with E-state index in [1.165, 1.54) is 17.2 Å². The fourth-order valence-corrected chi connectivity index (χ4v) is 6.14. The molecular formula is C18H21FN4O2S2. The lowest BCUT2D eigenvalue weighted by atomic mass is 9.83. The first-order chi connectivity index (χ1) is 12.9. The van der Waals surface area contributed by atoms with Gasteiger partial charge in [-0.25, -0.2) is 18.5 Å². The second-order valence-corrected chi connectivity index (χ2v) is 9.97. The normalized spacial score (nSPS) is 16.9. The van der Waals surface area contributed by atoms with E-state index >= 15 is 0 Å². The quantitative estimate of drug-likeness (QED) is 0.725. The van der Waals surface area contributed by atoms with E-state index in [0.717, 1.165) is 60.3 Å². The van der Waals surface area contributed by atoms with Crippen LogP contribution in [-0.4, -0.2) is 17.3 Å². The molecular weight excluding hydrogens is 387 g/mol. The minimum Gasteiger partial charge on any atom is -0.315 e. The van der Waals surface area contributed by atoms with Crippen molar-refractivity contribution in [2.24, 2.45) is 9.50 Å². The first kappa shape index (κ1) is 18.5. The Bertz CT molecular complexity index is 1050. The molecule has 144 valence electrons. The van der Waals surface area contributed by atoms with E-state index < -0.39 is 21.8 Å². The van der Waals surface area contributed by atoms with Gasteiger partial charge in [-0.3, -0.25) is 0 Å². The number of carbonyl (C=O) groups excluding carboxylic acids is 1. The number of nitrogens with two attached hydrogens (primary N) is 1. The molecule has 1 unspecified atom stereocenters. The number of amides is 2. The number of urea groups is 1. The molecule has 27 heavy (non-hydrogen) atoms. The van der Waals surface area contributed by atoms with Gasteiger partial charge < -0.3 is 10.6 Å². The lowest BCUT2D eigenvalue weighted by Crippen LogP contribution is -2.21. The molecule has 2 amide bonds. The number of thiophene rings is 1. The predicted molar refractivity (Wildman–Crippen MR) is 105 cm³/mol. The molecule has 1 atom stereocenters. The zero-order chi connectivity index (χ0) is 19.2. The van der Waals surface area contributed by atoms with Crippen molar-refractivity contribution in [1.82, 2.24) is 5.32 Å². The third kappa shape index (κ3) is 3.40. The molecule has 0 spiro atoms. The van der Waals surface area contributed by atoms with E-state index in [1.807, 2.05) is 0 Å². The largest absolute Gasteiger partial charge is 0.354 e. The van der Waals surface area contributed by atoms with Crippen LogP contribution in [0.5, 0.6) is 0 Å².